The maximum absolute atomic E-state index is 12.7. The summed E-state index contributed by atoms with van der Waals surface area (Å²) in [4.78, 5) is 12.1. The van der Waals surface area contributed by atoms with Crippen molar-refractivity contribution in [3.63, 3.8) is 0 Å². The second-order valence-electron chi connectivity index (χ2n) is 4.95. The number of aromatic nitrogens is 4. The normalized spacial score (nSPS) is 12.5. The van der Waals surface area contributed by atoms with Crippen LogP contribution in [-0.2, 0) is 24.7 Å². The smallest absolute Gasteiger partial charge is 0.350 e. The van der Waals surface area contributed by atoms with Crippen LogP contribution in [0.1, 0.15) is 16.2 Å². The number of hydrogen-bond donors (Lipinski definition) is 1. The quantitative estimate of drug-likeness (QED) is 0.776. The first-order valence-corrected chi connectivity index (χ1v) is 7.04. The van der Waals surface area contributed by atoms with E-state index in [0.717, 1.165) is 24.1 Å². The van der Waals surface area contributed by atoms with Crippen molar-refractivity contribution < 1.29 is 35.9 Å². The second-order valence-corrected chi connectivity index (χ2v) is 5.33. The number of halogens is 7. The van der Waals surface area contributed by atoms with E-state index in [-0.39, 0.29) is 5.69 Å². The summed E-state index contributed by atoms with van der Waals surface area (Å²) in [5.41, 5.74) is -1.94. The van der Waals surface area contributed by atoms with E-state index < -0.39 is 48.0 Å². The van der Waals surface area contributed by atoms with Gasteiger partial charge < -0.3 is 10.1 Å². The van der Waals surface area contributed by atoms with Crippen LogP contribution < -0.4 is 5.32 Å². The summed E-state index contributed by atoms with van der Waals surface area (Å²) in [5, 5.41) is 8.15. The van der Waals surface area contributed by atoms with Gasteiger partial charge in [-0.05, 0) is 0 Å². The van der Waals surface area contributed by atoms with Gasteiger partial charge in [-0.3, -0.25) is 9.48 Å². The zero-order valence-electron chi connectivity index (χ0n) is 12.8. The van der Waals surface area contributed by atoms with Gasteiger partial charge in [0.1, 0.15) is 24.1 Å². The van der Waals surface area contributed by atoms with Crippen molar-refractivity contribution in [3.8, 4) is 0 Å². The molecule has 0 fully saturated rings. The highest BCUT2D eigenvalue weighted by atomic mass is 35.5. The predicted molar refractivity (Wildman–Crippen MR) is 75.4 cm³/mol. The van der Waals surface area contributed by atoms with Crippen molar-refractivity contribution in [2.45, 2.75) is 19.1 Å². The SMILES string of the molecule is Cn1nc(C(F)(F)F)c(Cl)c1C(=O)Nc1cnn(COCC(F)(F)F)c1. The van der Waals surface area contributed by atoms with E-state index in [4.69, 9.17) is 11.6 Å². The first-order valence-electron chi connectivity index (χ1n) is 6.66. The summed E-state index contributed by atoms with van der Waals surface area (Å²) < 4.78 is 80.1. The van der Waals surface area contributed by atoms with E-state index >= 15 is 0 Å². The molecule has 0 saturated carbocycles. The molecular weight excluding hydrogens is 396 g/mol. The van der Waals surface area contributed by atoms with Crippen molar-refractivity contribution in [3.05, 3.63) is 28.8 Å². The molecule has 2 aromatic heterocycles. The molecule has 14 heteroatoms. The Bertz CT molecular complexity index is 797. The van der Waals surface area contributed by atoms with Crippen LogP contribution in [-0.4, -0.2) is 38.3 Å². The van der Waals surface area contributed by atoms with Gasteiger partial charge in [-0.2, -0.15) is 36.5 Å². The minimum atomic E-state index is -4.84. The molecular formula is C12H10ClF6N5O2. The number of hydrogen-bond acceptors (Lipinski definition) is 4. The first-order chi connectivity index (χ1) is 11.9. The Morgan fingerprint density at radius 3 is 2.50 bits per heavy atom. The monoisotopic (exact) mass is 405 g/mol. The van der Waals surface area contributed by atoms with Gasteiger partial charge >= 0.3 is 12.4 Å². The zero-order chi connectivity index (χ0) is 19.7. The molecule has 0 aliphatic rings. The van der Waals surface area contributed by atoms with Crippen LogP contribution in [0.3, 0.4) is 0 Å². The topological polar surface area (TPSA) is 74.0 Å². The second kappa shape index (κ2) is 7.15. The number of carbonyl (C=O) groups excluding carboxylic acids is 1. The zero-order valence-corrected chi connectivity index (χ0v) is 13.6. The number of aryl methyl sites for hydroxylation is 1. The van der Waals surface area contributed by atoms with Gasteiger partial charge in [0.15, 0.2) is 5.69 Å². The fraction of sp³-hybridized carbons (Fsp3) is 0.417. The number of alkyl halides is 6. The van der Waals surface area contributed by atoms with Gasteiger partial charge in [0, 0.05) is 7.05 Å². The Hall–Kier alpha value is -2.28. The molecule has 2 rings (SSSR count). The summed E-state index contributed by atoms with van der Waals surface area (Å²) in [6.45, 7) is -2.03. The Kier molecular flexibility index (Phi) is 5.51. The van der Waals surface area contributed by atoms with E-state index in [9.17, 15) is 31.1 Å². The average molecular weight is 406 g/mol. The predicted octanol–water partition coefficient (Wildman–Crippen LogP) is 3.08. The number of carbonyl (C=O) groups is 1. The van der Waals surface area contributed by atoms with Crippen LogP contribution in [0.4, 0.5) is 32.0 Å². The fourth-order valence-corrected chi connectivity index (χ4v) is 2.22. The largest absolute Gasteiger partial charge is 0.436 e. The molecule has 144 valence electrons. The maximum atomic E-state index is 12.7. The van der Waals surface area contributed by atoms with Crippen LogP contribution in [0, 0.1) is 0 Å². The molecule has 2 aromatic rings. The van der Waals surface area contributed by atoms with Gasteiger partial charge in [-0.15, -0.1) is 0 Å². The Morgan fingerprint density at radius 2 is 1.96 bits per heavy atom. The molecule has 0 aromatic carbocycles. The summed E-state index contributed by atoms with van der Waals surface area (Å²) in [6.07, 6.45) is -7.14. The summed E-state index contributed by atoms with van der Waals surface area (Å²) in [7, 11) is 1.10. The molecule has 7 nitrogen and oxygen atoms in total. The lowest BCUT2D eigenvalue weighted by Gasteiger charge is -2.07. The van der Waals surface area contributed by atoms with E-state index in [0.29, 0.717) is 4.68 Å². The molecule has 2 heterocycles. The lowest BCUT2D eigenvalue weighted by atomic mass is 10.3. The van der Waals surface area contributed by atoms with Crippen molar-refractivity contribution in [2.24, 2.45) is 7.05 Å². The summed E-state index contributed by atoms with van der Waals surface area (Å²) in [5.74, 6) is -1.00. The lowest BCUT2D eigenvalue weighted by molar-refractivity contribution is -0.182. The van der Waals surface area contributed by atoms with E-state index in [1.807, 2.05) is 0 Å². The number of nitrogens with one attached hydrogen (secondary N) is 1. The highest BCUT2D eigenvalue weighted by molar-refractivity contribution is 6.34. The molecule has 26 heavy (non-hydrogen) atoms. The van der Waals surface area contributed by atoms with Gasteiger partial charge in [0.05, 0.1) is 18.1 Å². The number of anilines is 1. The molecule has 1 amide bonds. The first kappa shape index (κ1) is 20.0. The van der Waals surface area contributed by atoms with Crippen LogP contribution in [0.5, 0.6) is 0 Å². The van der Waals surface area contributed by atoms with Gasteiger partial charge in [0.25, 0.3) is 5.91 Å². The molecule has 0 aliphatic heterocycles. The van der Waals surface area contributed by atoms with Crippen LogP contribution >= 0.6 is 11.6 Å². The third-order valence-corrected chi connectivity index (χ3v) is 3.21. The molecule has 0 unspecified atom stereocenters. The van der Waals surface area contributed by atoms with Crippen LogP contribution in [0.15, 0.2) is 12.4 Å². The average Bonchev–Trinajstić information content (AvgIpc) is 3.01. The van der Waals surface area contributed by atoms with E-state index in [1.165, 1.54) is 0 Å². The summed E-state index contributed by atoms with van der Waals surface area (Å²) in [6, 6.07) is 0. The fourth-order valence-electron chi connectivity index (χ4n) is 1.87. The number of ether oxygens (including phenoxy) is 1. The third-order valence-electron chi connectivity index (χ3n) is 2.85. The van der Waals surface area contributed by atoms with Crippen LogP contribution in [0.2, 0.25) is 5.02 Å². The lowest BCUT2D eigenvalue weighted by Crippen LogP contribution is -2.18. The van der Waals surface area contributed by atoms with Gasteiger partial charge in [-0.25, -0.2) is 4.68 Å². The Balaban J connectivity index is 2.06. The third kappa shape index (κ3) is 4.88. The molecule has 0 atom stereocenters. The van der Waals surface area contributed by atoms with Crippen molar-refractivity contribution in [2.75, 3.05) is 11.9 Å². The number of nitrogens with zero attached hydrogens (tertiary/aromatic N) is 4. The molecule has 1 N–H and O–H groups in total. The Labute approximate surface area is 146 Å². The molecule has 0 bridgehead atoms. The maximum Gasteiger partial charge on any atom is 0.436 e. The minimum Gasteiger partial charge on any atom is -0.350 e. The molecule has 0 aliphatic carbocycles. The molecule has 0 saturated heterocycles. The highest BCUT2D eigenvalue weighted by Crippen LogP contribution is 2.35. The van der Waals surface area contributed by atoms with Crippen LogP contribution in [0.25, 0.3) is 0 Å². The van der Waals surface area contributed by atoms with Gasteiger partial charge in [0.2, 0.25) is 0 Å². The van der Waals surface area contributed by atoms with Crippen molar-refractivity contribution in [1.29, 1.82) is 0 Å². The number of rotatable bonds is 5. The van der Waals surface area contributed by atoms with Crippen molar-refractivity contribution >= 4 is 23.2 Å². The van der Waals surface area contributed by atoms with Gasteiger partial charge in [-0.1, -0.05) is 11.6 Å². The molecule has 0 radical (unpaired) electrons. The Morgan fingerprint density at radius 1 is 1.31 bits per heavy atom. The molecule has 0 spiro atoms. The van der Waals surface area contributed by atoms with E-state index in [2.05, 4.69) is 20.3 Å². The van der Waals surface area contributed by atoms with E-state index in [1.54, 1.807) is 0 Å². The summed E-state index contributed by atoms with van der Waals surface area (Å²) >= 11 is 5.58. The standard InChI is InChI=1S/C12H10ClF6N5O2/c1-23-8(7(13)9(22-23)12(17,18)19)10(25)21-6-2-20-24(3-6)5-26-4-11(14,15)16/h2-3H,4-5H2,1H3,(H,21,25). The highest BCUT2D eigenvalue weighted by Gasteiger charge is 2.39. The van der Waals surface area contributed by atoms with Crippen molar-refractivity contribution in [1.82, 2.24) is 19.6 Å². The number of amides is 1. The minimum absolute atomic E-state index is 0.0106.